The molecule has 1 atom stereocenters. The fourth-order valence-corrected chi connectivity index (χ4v) is 2.98. The number of hydrogen-bond acceptors (Lipinski definition) is 6. The van der Waals surface area contributed by atoms with E-state index in [2.05, 4.69) is 10.3 Å². The average Bonchev–Trinajstić information content (AvgIpc) is 2.39. The summed E-state index contributed by atoms with van der Waals surface area (Å²) in [5, 5.41) is 12.5. The third kappa shape index (κ3) is 4.14. The molecule has 0 radical (unpaired) electrons. The summed E-state index contributed by atoms with van der Waals surface area (Å²) in [6, 6.07) is 3.32. The molecule has 7 nitrogen and oxygen atoms in total. The van der Waals surface area contributed by atoms with E-state index in [0.29, 0.717) is 12.2 Å². The molecule has 1 aromatic rings. The molecule has 0 bridgehead atoms. The van der Waals surface area contributed by atoms with Gasteiger partial charge >= 0.3 is 0 Å². The van der Waals surface area contributed by atoms with Crippen molar-refractivity contribution in [2.45, 2.75) is 18.1 Å². The highest BCUT2D eigenvalue weighted by Crippen LogP contribution is 2.21. The van der Waals surface area contributed by atoms with E-state index in [1.165, 1.54) is 20.4 Å². The first-order valence-electron chi connectivity index (χ1n) is 6.25. The minimum Gasteiger partial charge on any atom is -0.389 e. The van der Waals surface area contributed by atoms with E-state index in [1.54, 1.807) is 12.1 Å². The number of nitrogens with one attached hydrogen (secondary N) is 1. The van der Waals surface area contributed by atoms with Gasteiger partial charge in [0.25, 0.3) is 10.0 Å². The molecule has 0 amide bonds. The molecule has 1 heterocycles. The van der Waals surface area contributed by atoms with Crippen LogP contribution in [0.4, 0.5) is 5.69 Å². The fourth-order valence-electron chi connectivity index (χ4n) is 1.71. The number of hydrogen-bond donors (Lipinski definition) is 2. The second-order valence-corrected chi connectivity index (χ2v) is 6.24. The number of pyridine rings is 1. The predicted molar refractivity (Wildman–Crippen MR) is 76.1 cm³/mol. The van der Waals surface area contributed by atoms with Gasteiger partial charge in [0.1, 0.15) is 0 Å². The maximum absolute atomic E-state index is 12.4. The zero-order valence-corrected chi connectivity index (χ0v) is 12.7. The predicted octanol–water partition coefficient (Wildman–Crippen LogP) is 0.141. The van der Waals surface area contributed by atoms with Gasteiger partial charge in [-0.15, -0.1) is 0 Å². The van der Waals surface area contributed by atoms with Gasteiger partial charge in [0.05, 0.1) is 18.4 Å². The summed E-state index contributed by atoms with van der Waals surface area (Å²) in [6.45, 7) is 2.47. The number of likely N-dealkylation sites (N-methyl/N-ethyl adjacent to an activating group) is 1. The summed E-state index contributed by atoms with van der Waals surface area (Å²) < 4.78 is 30.7. The van der Waals surface area contributed by atoms with Crippen molar-refractivity contribution in [2.24, 2.45) is 0 Å². The van der Waals surface area contributed by atoms with Gasteiger partial charge < -0.3 is 15.2 Å². The van der Waals surface area contributed by atoms with Crippen molar-refractivity contribution in [3.63, 3.8) is 0 Å². The van der Waals surface area contributed by atoms with E-state index in [4.69, 9.17) is 4.74 Å². The Morgan fingerprint density at radius 2 is 2.25 bits per heavy atom. The van der Waals surface area contributed by atoms with Gasteiger partial charge in [-0.2, -0.15) is 4.31 Å². The smallest absolute Gasteiger partial charge is 0.262 e. The second kappa shape index (κ2) is 7.53. The quantitative estimate of drug-likeness (QED) is 0.710. The molecule has 1 aromatic heterocycles. The number of aromatic nitrogens is 1. The van der Waals surface area contributed by atoms with Crippen molar-refractivity contribution < 1.29 is 18.3 Å². The van der Waals surface area contributed by atoms with Crippen LogP contribution in [0.3, 0.4) is 0 Å². The molecular formula is C12H21N3O4S. The highest BCUT2D eigenvalue weighted by atomic mass is 32.2. The average molecular weight is 303 g/mol. The van der Waals surface area contributed by atoms with Crippen molar-refractivity contribution in [1.29, 1.82) is 0 Å². The van der Waals surface area contributed by atoms with Gasteiger partial charge in [0.15, 0.2) is 5.03 Å². The molecule has 0 saturated carbocycles. The highest BCUT2D eigenvalue weighted by Gasteiger charge is 2.26. The number of nitrogens with zero attached hydrogens (tertiary/aromatic N) is 2. The Bertz CT molecular complexity index is 521. The van der Waals surface area contributed by atoms with Crippen LogP contribution in [0.25, 0.3) is 0 Å². The minimum atomic E-state index is -3.76. The summed E-state index contributed by atoms with van der Waals surface area (Å²) in [7, 11) is -0.915. The molecule has 0 aliphatic rings. The Hall–Kier alpha value is -1.22. The molecule has 0 fully saturated rings. The van der Waals surface area contributed by atoms with Crippen LogP contribution in [0.2, 0.25) is 0 Å². The first-order chi connectivity index (χ1) is 9.43. The molecule has 0 saturated heterocycles. The first kappa shape index (κ1) is 16.8. The topological polar surface area (TPSA) is 91.8 Å². The Morgan fingerprint density at radius 3 is 2.85 bits per heavy atom. The molecule has 2 N–H and O–H groups in total. The number of anilines is 1. The summed E-state index contributed by atoms with van der Waals surface area (Å²) in [5.41, 5.74) is 0.447. The molecule has 8 heteroatoms. The van der Waals surface area contributed by atoms with Gasteiger partial charge in [0.2, 0.25) is 0 Å². The van der Waals surface area contributed by atoms with Crippen molar-refractivity contribution in [1.82, 2.24) is 9.29 Å². The lowest BCUT2D eigenvalue weighted by atomic mass is 10.4. The molecule has 0 spiro atoms. The van der Waals surface area contributed by atoms with E-state index in [9.17, 15) is 13.5 Å². The summed E-state index contributed by atoms with van der Waals surface area (Å²) >= 11 is 0. The minimum absolute atomic E-state index is 0.0473. The van der Waals surface area contributed by atoms with Gasteiger partial charge in [-0.05, 0) is 19.1 Å². The molecule has 0 aromatic carbocycles. The monoisotopic (exact) mass is 303 g/mol. The number of ether oxygens (including phenoxy) is 1. The fraction of sp³-hybridized carbons (Fsp3) is 0.583. The molecule has 114 valence electrons. The van der Waals surface area contributed by atoms with E-state index >= 15 is 0 Å². The van der Waals surface area contributed by atoms with Crippen molar-refractivity contribution in [3.05, 3.63) is 18.3 Å². The number of aliphatic hydroxyl groups excluding tert-OH is 1. The van der Waals surface area contributed by atoms with Crippen LogP contribution in [0, 0.1) is 0 Å². The van der Waals surface area contributed by atoms with Gasteiger partial charge in [-0.3, -0.25) is 0 Å². The lowest BCUT2D eigenvalue weighted by Gasteiger charge is -2.21. The third-order valence-electron chi connectivity index (χ3n) is 2.62. The van der Waals surface area contributed by atoms with Crippen molar-refractivity contribution in [3.8, 4) is 0 Å². The zero-order valence-electron chi connectivity index (χ0n) is 11.9. The highest BCUT2D eigenvalue weighted by molar-refractivity contribution is 7.89. The van der Waals surface area contributed by atoms with Crippen LogP contribution >= 0.6 is 0 Å². The van der Waals surface area contributed by atoms with Crippen molar-refractivity contribution in [2.75, 3.05) is 39.2 Å². The Balaban J connectivity index is 2.98. The van der Waals surface area contributed by atoms with Gasteiger partial charge in [-0.25, -0.2) is 13.4 Å². The molecule has 0 aliphatic carbocycles. The summed E-state index contributed by atoms with van der Waals surface area (Å²) in [5.74, 6) is 0. The molecule has 1 unspecified atom stereocenters. The van der Waals surface area contributed by atoms with Crippen LogP contribution in [0.5, 0.6) is 0 Å². The molecular weight excluding hydrogens is 282 g/mol. The van der Waals surface area contributed by atoms with Gasteiger partial charge in [0, 0.05) is 33.4 Å². The standard InChI is InChI=1S/C12H21N3O4S/c1-4-13-11-6-5-7-14-12(11)20(17,18)15(2)8-10(16)9-19-3/h5-7,10,13,16H,4,8-9H2,1-3H3. The Kier molecular flexibility index (Phi) is 6.34. The SMILES string of the molecule is CCNc1cccnc1S(=O)(=O)N(C)CC(O)COC. The van der Waals surface area contributed by atoms with Crippen LogP contribution in [-0.4, -0.2) is 62.8 Å². The molecule has 0 aliphatic heterocycles. The number of aliphatic hydroxyl groups is 1. The first-order valence-corrected chi connectivity index (χ1v) is 7.69. The summed E-state index contributed by atoms with van der Waals surface area (Å²) in [6.07, 6.45) is 0.540. The normalized spacial score (nSPS) is 13.4. The second-order valence-electron chi connectivity index (χ2n) is 4.28. The number of rotatable bonds is 8. The Morgan fingerprint density at radius 1 is 1.55 bits per heavy atom. The van der Waals surface area contributed by atoms with Crippen molar-refractivity contribution >= 4 is 15.7 Å². The van der Waals surface area contributed by atoms with Crippen LogP contribution in [0.15, 0.2) is 23.4 Å². The Labute approximate surface area is 119 Å². The van der Waals surface area contributed by atoms with E-state index in [-0.39, 0.29) is 18.2 Å². The molecule has 1 rings (SSSR count). The van der Waals surface area contributed by atoms with Crippen LogP contribution in [0.1, 0.15) is 6.92 Å². The van der Waals surface area contributed by atoms with Crippen LogP contribution in [-0.2, 0) is 14.8 Å². The zero-order chi connectivity index (χ0) is 15.2. The number of methoxy groups -OCH3 is 1. The number of sulfonamides is 1. The van der Waals surface area contributed by atoms with E-state index in [1.807, 2.05) is 6.92 Å². The molecule has 20 heavy (non-hydrogen) atoms. The van der Waals surface area contributed by atoms with E-state index in [0.717, 1.165) is 4.31 Å². The van der Waals surface area contributed by atoms with Gasteiger partial charge in [-0.1, -0.05) is 0 Å². The maximum atomic E-state index is 12.4. The summed E-state index contributed by atoms with van der Waals surface area (Å²) in [4.78, 5) is 3.94. The largest absolute Gasteiger partial charge is 0.389 e. The lowest BCUT2D eigenvalue weighted by molar-refractivity contribution is 0.0554. The third-order valence-corrected chi connectivity index (χ3v) is 4.40. The maximum Gasteiger partial charge on any atom is 0.262 e. The lowest BCUT2D eigenvalue weighted by Crippen LogP contribution is -2.36. The van der Waals surface area contributed by atoms with E-state index < -0.39 is 16.1 Å². The van der Waals surface area contributed by atoms with Crippen LogP contribution < -0.4 is 5.32 Å².